The summed E-state index contributed by atoms with van der Waals surface area (Å²) in [6, 6.07) is 0.566. The summed E-state index contributed by atoms with van der Waals surface area (Å²) in [6.07, 6.45) is 12.5. The smallest absolute Gasteiger partial charge is 0.207 e. The number of nitrogens with one attached hydrogen (secondary N) is 1. The molecule has 2 N–H and O–H groups in total. The molecule has 1 aliphatic heterocycles. The van der Waals surface area contributed by atoms with Gasteiger partial charge >= 0.3 is 0 Å². The first-order valence-corrected chi connectivity index (χ1v) is 10.3. The number of aliphatic imine (C=N–C) groups is 1. The van der Waals surface area contributed by atoms with Gasteiger partial charge in [-0.2, -0.15) is 10.3 Å². The zero-order valence-electron chi connectivity index (χ0n) is 15.5. The van der Waals surface area contributed by atoms with Gasteiger partial charge in [-0.25, -0.2) is 0 Å². The highest BCUT2D eigenvalue weighted by Gasteiger charge is 2.55. The number of nitrogens with zero attached hydrogens (tertiary/aromatic N) is 3. The van der Waals surface area contributed by atoms with Crippen molar-refractivity contribution in [2.75, 3.05) is 13.1 Å². The second kappa shape index (κ2) is 6.89. The Morgan fingerprint density at radius 1 is 1.16 bits per heavy atom. The lowest BCUT2D eigenvalue weighted by molar-refractivity contribution is -0.136. The third-order valence-electron chi connectivity index (χ3n) is 7.31. The fourth-order valence-electron chi connectivity index (χ4n) is 6.34. The predicted molar refractivity (Wildman–Crippen MR) is 98.0 cm³/mol. The van der Waals surface area contributed by atoms with Crippen LogP contribution in [-0.2, 0) is 0 Å². The highest BCUT2D eigenvalue weighted by Crippen LogP contribution is 2.55. The van der Waals surface area contributed by atoms with Gasteiger partial charge in [0.1, 0.15) is 5.84 Å². The van der Waals surface area contributed by atoms with E-state index in [-0.39, 0.29) is 6.04 Å². The molecule has 5 aliphatic rings. The first-order chi connectivity index (χ1) is 12.1. The quantitative estimate of drug-likeness (QED) is 0.469. The van der Waals surface area contributed by atoms with Crippen molar-refractivity contribution in [3.05, 3.63) is 0 Å². The third kappa shape index (κ3) is 3.44. The van der Waals surface area contributed by atoms with Crippen LogP contribution in [0.4, 0.5) is 0 Å². The molecule has 0 aromatic rings. The number of amidine groups is 1. The van der Waals surface area contributed by atoms with Crippen molar-refractivity contribution < 1.29 is 5.11 Å². The van der Waals surface area contributed by atoms with Gasteiger partial charge in [-0.15, -0.1) is 0 Å². The van der Waals surface area contributed by atoms with Crippen LogP contribution < -0.4 is 5.32 Å². The first-order valence-electron chi connectivity index (χ1n) is 10.3. The highest BCUT2D eigenvalue weighted by atomic mass is 16.3. The van der Waals surface area contributed by atoms with Crippen molar-refractivity contribution in [1.82, 2.24) is 10.2 Å². The molecule has 5 nitrogen and oxygen atoms in total. The topological polar surface area (TPSA) is 71.6 Å². The van der Waals surface area contributed by atoms with Gasteiger partial charge in [-0.05, 0) is 82.7 Å². The molecule has 0 spiro atoms. The molecule has 3 atom stereocenters. The van der Waals surface area contributed by atoms with Gasteiger partial charge in [0.2, 0.25) is 6.19 Å². The van der Waals surface area contributed by atoms with Gasteiger partial charge in [0.05, 0.1) is 11.6 Å². The van der Waals surface area contributed by atoms with Crippen molar-refractivity contribution in [3.8, 4) is 6.19 Å². The van der Waals surface area contributed by atoms with Crippen LogP contribution in [0, 0.1) is 29.2 Å². The third-order valence-corrected chi connectivity index (χ3v) is 7.31. The van der Waals surface area contributed by atoms with Crippen molar-refractivity contribution in [3.63, 3.8) is 0 Å². The second-order valence-electron chi connectivity index (χ2n) is 9.09. The van der Waals surface area contributed by atoms with E-state index in [9.17, 15) is 10.4 Å². The van der Waals surface area contributed by atoms with Crippen LogP contribution in [0.2, 0.25) is 0 Å². The summed E-state index contributed by atoms with van der Waals surface area (Å²) in [4.78, 5) is 6.69. The Bertz CT molecular complexity index is 545. The summed E-state index contributed by atoms with van der Waals surface area (Å²) in [5, 5.41) is 23.7. The lowest BCUT2D eigenvalue weighted by Gasteiger charge is -2.58. The first kappa shape index (κ1) is 17.3. The van der Waals surface area contributed by atoms with Crippen molar-refractivity contribution in [2.24, 2.45) is 22.7 Å². The maximum atomic E-state index is 10.8. The number of aliphatic hydroxyl groups is 1. The molecule has 1 heterocycles. The fraction of sp³-hybridized carbons (Fsp3) is 0.900. The van der Waals surface area contributed by atoms with Crippen LogP contribution in [0.1, 0.15) is 64.7 Å². The second-order valence-corrected chi connectivity index (χ2v) is 9.09. The van der Waals surface area contributed by atoms with Crippen molar-refractivity contribution in [1.29, 1.82) is 5.26 Å². The molecule has 0 radical (unpaired) electrons. The largest absolute Gasteiger partial charge is 0.390 e. The van der Waals surface area contributed by atoms with E-state index in [1.807, 2.05) is 6.19 Å². The number of hydrogen-bond acceptors (Lipinski definition) is 4. The zero-order valence-corrected chi connectivity index (χ0v) is 15.5. The molecule has 138 valence electrons. The van der Waals surface area contributed by atoms with E-state index in [1.165, 1.54) is 38.5 Å². The summed E-state index contributed by atoms with van der Waals surface area (Å²) >= 11 is 0. The molecule has 1 saturated heterocycles. The molecule has 0 aromatic carbocycles. The molecular formula is C20H32N4O. The molecule has 3 unspecified atom stereocenters. The van der Waals surface area contributed by atoms with Crippen LogP contribution in [0.5, 0.6) is 0 Å². The zero-order chi connectivity index (χ0) is 17.4. The minimum atomic E-state index is -0.405. The van der Waals surface area contributed by atoms with Gasteiger partial charge in [-0.1, -0.05) is 12.8 Å². The van der Waals surface area contributed by atoms with Crippen LogP contribution in [0.3, 0.4) is 0 Å². The Kier molecular flexibility index (Phi) is 4.77. The van der Waals surface area contributed by atoms with Gasteiger partial charge in [0, 0.05) is 6.04 Å². The fourth-order valence-corrected chi connectivity index (χ4v) is 6.34. The Labute approximate surface area is 151 Å². The van der Waals surface area contributed by atoms with E-state index in [4.69, 9.17) is 0 Å². The molecule has 4 aliphatic carbocycles. The molecule has 5 heteroatoms. The predicted octanol–water partition coefficient (Wildman–Crippen LogP) is 2.66. The highest BCUT2D eigenvalue weighted by molar-refractivity contribution is 5.88. The van der Waals surface area contributed by atoms with E-state index >= 15 is 0 Å². The van der Waals surface area contributed by atoms with E-state index in [1.54, 1.807) is 0 Å². The molecule has 0 amide bonds. The average Bonchev–Trinajstić information content (AvgIpc) is 2.84. The molecule has 5 fully saturated rings. The van der Waals surface area contributed by atoms with Gasteiger partial charge in [0.15, 0.2) is 0 Å². The maximum absolute atomic E-state index is 10.8. The lowest BCUT2D eigenvalue weighted by atomic mass is 9.52. The number of hydrogen-bond donors (Lipinski definition) is 2. The number of nitriles is 1. The molecule has 4 saturated carbocycles. The standard InChI is InChI=1S/C20H32N4O/c1-14(24-6-4-2-3-5-7-24)19(22-13-21)23-18-16-8-15-9-17(18)12-20(25,10-15)11-16/h14-18,25H,2-12H2,1H3,(H,22,23). The minimum absolute atomic E-state index is 0.179. The Balaban J connectivity index is 1.47. The van der Waals surface area contributed by atoms with Gasteiger partial charge in [-0.3, -0.25) is 4.90 Å². The van der Waals surface area contributed by atoms with Gasteiger partial charge < -0.3 is 10.4 Å². The lowest BCUT2D eigenvalue weighted by Crippen LogP contribution is -2.63. The van der Waals surface area contributed by atoms with E-state index in [0.717, 1.165) is 38.2 Å². The Hall–Kier alpha value is -1.12. The normalized spacial score (nSPS) is 42.7. The Morgan fingerprint density at radius 2 is 1.80 bits per heavy atom. The molecule has 4 bridgehead atoms. The average molecular weight is 345 g/mol. The van der Waals surface area contributed by atoms with Crippen LogP contribution in [0.25, 0.3) is 0 Å². The summed E-state index contributed by atoms with van der Waals surface area (Å²) in [5.41, 5.74) is -0.405. The molecule has 5 rings (SSSR count). The van der Waals surface area contributed by atoms with Gasteiger partial charge in [0.25, 0.3) is 0 Å². The van der Waals surface area contributed by atoms with E-state index < -0.39 is 5.60 Å². The summed E-state index contributed by atoms with van der Waals surface area (Å²) in [6.45, 7) is 4.40. The van der Waals surface area contributed by atoms with Crippen molar-refractivity contribution in [2.45, 2.75) is 82.4 Å². The Morgan fingerprint density at radius 3 is 2.36 bits per heavy atom. The summed E-state index contributed by atoms with van der Waals surface area (Å²) in [5.74, 6) is 2.64. The minimum Gasteiger partial charge on any atom is -0.390 e. The molecular weight excluding hydrogens is 312 g/mol. The monoisotopic (exact) mass is 344 g/mol. The van der Waals surface area contributed by atoms with Crippen LogP contribution >= 0.6 is 0 Å². The summed E-state index contributed by atoms with van der Waals surface area (Å²) in [7, 11) is 0. The summed E-state index contributed by atoms with van der Waals surface area (Å²) < 4.78 is 0. The molecule has 25 heavy (non-hydrogen) atoms. The van der Waals surface area contributed by atoms with Crippen molar-refractivity contribution >= 4 is 5.84 Å². The SMILES string of the molecule is CC(/C(=N/C#N)NC1C2CC3CC1CC(O)(C3)C2)N1CCCCCC1. The van der Waals surface area contributed by atoms with E-state index in [2.05, 4.69) is 22.1 Å². The van der Waals surface area contributed by atoms with Crippen LogP contribution in [0.15, 0.2) is 4.99 Å². The maximum Gasteiger partial charge on any atom is 0.207 e. The van der Waals surface area contributed by atoms with E-state index in [0.29, 0.717) is 23.8 Å². The van der Waals surface area contributed by atoms with Crippen LogP contribution in [-0.4, -0.2) is 46.6 Å². The number of rotatable bonds is 3. The molecule has 0 aromatic heterocycles. The number of likely N-dealkylation sites (tertiary alicyclic amines) is 1.